The van der Waals surface area contributed by atoms with Gasteiger partial charge in [0, 0.05) is 30.7 Å². The van der Waals surface area contributed by atoms with Crippen LogP contribution in [0.1, 0.15) is 17.5 Å². The Kier molecular flexibility index (Phi) is 5.26. The van der Waals surface area contributed by atoms with Gasteiger partial charge in [0.25, 0.3) is 5.69 Å². The standard InChI is InChI=1S/C19H18N2O5/c22-18-9-6-15-12-16(21(24)25)7-8-17(15)20(18)13-19(23)26-11-10-14-4-2-1-3-5-14/h1-5,7-8,12H,6,9-11,13H2. The maximum Gasteiger partial charge on any atom is 0.326 e. The van der Waals surface area contributed by atoms with E-state index in [9.17, 15) is 19.7 Å². The highest BCUT2D eigenvalue weighted by molar-refractivity contribution is 6.00. The zero-order valence-corrected chi connectivity index (χ0v) is 14.1. The molecule has 1 aliphatic heterocycles. The molecule has 0 radical (unpaired) electrons. The molecule has 26 heavy (non-hydrogen) atoms. The first-order valence-electron chi connectivity index (χ1n) is 8.32. The van der Waals surface area contributed by atoms with E-state index in [-0.39, 0.29) is 31.2 Å². The molecule has 0 fully saturated rings. The fraction of sp³-hybridized carbons (Fsp3) is 0.263. The average Bonchev–Trinajstić information content (AvgIpc) is 2.64. The van der Waals surface area contributed by atoms with Crippen LogP contribution in [0.5, 0.6) is 0 Å². The summed E-state index contributed by atoms with van der Waals surface area (Å²) in [5.41, 5.74) is 2.26. The molecule has 0 saturated heterocycles. The van der Waals surface area contributed by atoms with Gasteiger partial charge in [0.05, 0.1) is 11.5 Å². The minimum absolute atomic E-state index is 0.0245. The van der Waals surface area contributed by atoms with Crippen LogP contribution in [0.15, 0.2) is 48.5 Å². The number of ether oxygens (including phenoxy) is 1. The molecule has 0 unspecified atom stereocenters. The minimum atomic E-state index is -0.500. The summed E-state index contributed by atoms with van der Waals surface area (Å²) in [4.78, 5) is 36.1. The number of esters is 1. The molecule has 2 aromatic rings. The molecule has 0 aromatic heterocycles. The number of fused-ring (bicyclic) bond motifs is 1. The predicted octanol–water partition coefficient (Wildman–Crippen LogP) is 2.66. The number of aryl methyl sites for hydroxylation is 1. The van der Waals surface area contributed by atoms with Gasteiger partial charge in [-0.2, -0.15) is 0 Å². The molecule has 0 atom stereocenters. The van der Waals surface area contributed by atoms with E-state index in [0.29, 0.717) is 24.1 Å². The Labute approximate surface area is 150 Å². The first-order valence-corrected chi connectivity index (χ1v) is 8.32. The van der Waals surface area contributed by atoms with Crippen molar-refractivity contribution in [2.24, 2.45) is 0 Å². The summed E-state index contributed by atoms with van der Waals surface area (Å²) in [6, 6.07) is 14.0. The van der Waals surface area contributed by atoms with Gasteiger partial charge in [0.1, 0.15) is 6.54 Å². The van der Waals surface area contributed by atoms with Crippen LogP contribution in [0, 0.1) is 10.1 Å². The third kappa shape index (κ3) is 4.05. The van der Waals surface area contributed by atoms with E-state index in [1.165, 1.54) is 23.1 Å². The van der Waals surface area contributed by atoms with Crippen molar-refractivity contribution >= 4 is 23.3 Å². The molecule has 7 heteroatoms. The van der Waals surface area contributed by atoms with Crippen molar-refractivity contribution in [3.05, 3.63) is 69.8 Å². The Morgan fingerprint density at radius 2 is 1.92 bits per heavy atom. The number of rotatable bonds is 6. The second-order valence-electron chi connectivity index (χ2n) is 6.01. The largest absolute Gasteiger partial charge is 0.464 e. The molecule has 2 aromatic carbocycles. The molecule has 0 aliphatic carbocycles. The van der Waals surface area contributed by atoms with Crippen LogP contribution in [0.2, 0.25) is 0 Å². The lowest BCUT2D eigenvalue weighted by atomic mass is 10.0. The highest BCUT2D eigenvalue weighted by Gasteiger charge is 2.27. The number of benzene rings is 2. The zero-order chi connectivity index (χ0) is 18.5. The molecule has 3 rings (SSSR count). The lowest BCUT2D eigenvalue weighted by Gasteiger charge is -2.28. The number of nitro benzene ring substituents is 1. The van der Waals surface area contributed by atoms with Gasteiger partial charge in [-0.15, -0.1) is 0 Å². The monoisotopic (exact) mass is 354 g/mol. The maximum atomic E-state index is 12.2. The van der Waals surface area contributed by atoms with Crippen molar-refractivity contribution in [1.29, 1.82) is 0 Å². The summed E-state index contributed by atoms with van der Waals surface area (Å²) in [6.07, 6.45) is 1.24. The van der Waals surface area contributed by atoms with Crippen molar-refractivity contribution < 1.29 is 19.2 Å². The molecule has 0 spiro atoms. The third-order valence-corrected chi connectivity index (χ3v) is 4.26. The zero-order valence-electron chi connectivity index (χ0n) is 14.1. The van der Waals surface area contributed by atoms with Crippen molar-refractivity contribution in [2.75, 3.05) is 18.1 Å². The Balaban J connectivity index is 1.63. The van der Waals surface area contributed by atoms with Gasteiger partial charge in [-0.3, -0.25) is 19.7 Å². The van der Waals surface area contributed by atoms with Gasteiger partial charge >= 0.3 is 5.97 Å². The number of hydrogen-bond donors (Lipinski definition) is 0. The van der Waals surface area contributed by atoms with E-state index in [1.807, 2.05) is 30.3 Å². The van der Waals surface area contributed by atoms with Crippen LogP contribution in [-0.4, -0.2) is 30.0 Å². The van der Waals surface area contributed by atoms with Gasteiger partial charge < -0.3 is 9.64 Å². The molecule has 0 N–H and O–H groups in total. The highest BCUT2D eigenvalue weighted by atomic mass is 16.6. The smallest absolute Gasteiger partial charge is 0.326 e. The van der Waals surface area contributed by atoms with E-state index in [2.05, 4.69) is 0 Å². The van der Waals surface area contributed by atoms with Crippen LogP contribution in [0.3, 0.4) is 0 Å². The first-order chi connectivity index (χ1) is 12.5. The Bertz CT molecular complexity index is 835. The Morgan fingerprint density at radius 1 is 1.15 bits per heavy atom. The summed E-state index contributed by atoms with van der Waals surface area (Å²) in [6.45, 7) is 0.0381. The predicted molar refractivity (Wildman–Crippen MR) is 94.9 cm³/mol. The van der Waals surface area contributed by atoms with Crippen molar-refractivity contribution in [3.63, 3.8) is 0 Å². The molecule has 0 bridgehead atoms. The number of nitro groups is 1. The molecule has 134 valence electrons. The molecule has 7 nitrogen and oxygen atoms in total. The summed E-state index contributed by atoms with van der Waals surface area (Å²) >= 11 is 0. The number of amides is 1. The van der Waals surface area contributed by atoms with Crippen LogP contribution in [0.25, 0.3) is 0 Å². The van der Waals surface area contributed by atoms with E-state index in [4.69, 9.17) is 4.74 Å². The third-order valence-electron chi connectivity index (χ3n) is 4.26. The van der Waals surface area contributed by atoms with Crippen LogP contribution in [0.4, 0.5) is 11.4 Å². The number of anilines is 1. The molecule has 1 heterocycles. The lowest BCUT2D eigenvalue weighted by Crippen LogP contribution is -2.39. The van der Waals surface area contributed by atoms with Gasteiger partial charge in [0.15, 0.2) is 0 Å². The molecular weight excluding hydrogens is 336 g/mol. The van der Waals surface area contributed by atoms with Crippen molar-refractivity contribution in [3.8, 4) is 0 Å². The van der Waals surface area contributed by atoms with E-state index < -0.39 is 10.9 Å². The quantitative estimate of drug-likeness (QED) is 0.452. The summed E-state index contributed by atoms with van der Waals surface area (Å²) < 4.78 is 5.23. The average molecular weight is 354 g/mol. The van der Waals surface area contributed by atoms with Crippen molar-refractivity contribution in [2.45, 2.75) is 19.3 Å². The molecule has 1 aliphatic rings. The van der Waals surface area contributed by atoms with Gasteiger partial charge in [-0.25, -0.2) is 0 Å². The maximum absolute atomic E-state index is 12.2. The fourth-order valence-corrected chi connectivity index (χ4v) is 2.94. The lowest BCUT2D eigenvalue weighted by molar-refractivity contribution is -0.384. The van der Waals surface area contributed by atoms with Crippen molar-refractivity contribution in [1.82, 2.24) is 0 Å². The normalized spacial score (nSPS) is 13.2. The van der Waals surface area contributed by atoms with Crippen LogP contribution < -0.4 is 4.90 Å². The van der Waals surface area contributed by atoms with Crippen LogP contribution in [-0.2, 0) is 27.2 Å². The first kappa shape index (κ1) is 17.6. The highest BCUT2D eigenvalue weighted by Crippen LogP contribution is 2.30. The summed E-state index contributed by atoms with van der Waals surface area (Å²) in [5.74, 6) is -0.688. The number of nitrogens with zero attached hydrogens (tertiary/aromatic N) is 2. The number of hydrogen-bond acceptors (Lipinski definition) is 5. The number of non-ortho nitro benzene ring substituents is 1. The van der Waals surface area contributed by atoms with E-state index in [0.717, 1.165) is 5.56 Å². The van der Waals surface area contributed by atoms with Gasteiger partial charge in [-0.05, 0) is 23.6 Å². The SMILES string of the molecule is O=C(CN1C(=O)CCc2cc([N+](=O)[O-])ccc21)OCCc1ccccc1. The second kappa shape index (κ2) is 7.77. The number of carbonyl (C=O) groups is 2. The second-order valence-corrected chi connectivity index (χ2v) is 6.01. The van der Waals surface area contributed by atoms with E-state index in [1.54, 1.807) is 0 Å². The van der Waals surface area contributed by atoms with Crippen LogP contribution >= 0.6 is 0 Å². The molecule has 0 saturated carbocycles. The number of carbonyl (C=O) groups excluding carboxylic acids is 2. The van der Waals surface area contributed by atoms with Gasteiger partial charge in [-0.1, -0.05) is 30.3 Å². The topological polar surface area (TPSA) is 89.8 Å². The summed E-state index contributed by atoms with van der Waals surface area (Å²) in [5, 5.41) is 10.9. The van der Waals surface area contributed by atoms with Gasteiger partial charge in [0.2, 0.25) is 5.91 Å². The van der Waals surface area contributed by atoms with E-state index >= 15 is 0 Å². The Morgan fingerprint density at radius 3 is 2.65 bits per heavy atom. The molecular formula is C19H18N2O5. The Hall–Kier alpha value is -3.22. The fourth-order valence-electron chi connectivity index (χ4n) is 2.94. The minimum Gasteiger partial charge on any atom is -0.464 e. The molecule has 1 amide bonds. The summed E-state index contributed by atoms with van der Waals surface area (Å²) in [7, 11) is 0.